The number of nitrogens with zero attached hydrogens (tertiary/aromatic N) is 5. The zero-order valence-electron chi connectivity index (χ0n) is 19.3. The zero-order valence-corrected chi connectivity index (χ0v) is 19.3. The van der Waals surface area contributed by atoms with Gasteiger partial charge in [-0.15, -0.1) is 0 Å². The number of nitrogens with one attached hydrogen (secondary N) is 1. The van der Waals surface area contributed by atoms with Crippen molar-refractivity contribution in [3.8, 4) is 11.4 Å². The first-order valence-corrected chi connectivity index (χ1v) is 11.2. The molecule has 0 atom stereocenters. The van der Waals surface area contributed by atoms with Crippen molar-refractivity contribution in [1.29, 1.82) is 0 Å². The lowest BCUT2D eigenvalue weighted by Crippen LogP contribution is -2.54. The number of hydrogen-bond donors (Lipinski definition) is 1. The van der Waals surface area contributed by atoms with Gasteiger partial charge in [-0.25, -0.2) is 14.8 Å². The maximum Gasteiger partial charge on any atom is 0.317 e. The van der Waals surface area contributed by atoms with Gasteiger partial charge in [0.05, 0.1) is 13.2 Å². The van der Waals surface area contributed by atoms with Gasteiger partial charge in [-0.05, 0) is 64.1 Å². The minimum absolute atomic E-state index is 0.00276. The standard InChI is InChI=1S/C24H32N6O2/c1-5-32-19-10-8-18(9-11-19)30-21(26-20-7-6-12-25-22(20)30)17-28-13-15-29(16-14-28)23(31)27-24(2,3)4/h6-12H,5,13-17H2,1-4H3,(H,27,31). The van der Waals surface area contributed by atoms with Gasteiger partial charge in [0.25, 0.3) is 0 Å². The number of carbonyl (C=O) groups is 1. The fourth-order valence-corrected chi connectivity index (χ4v) is 3.90. The highest BCUT2D eigenvalue weighted by Gasteiger charge is 2.25. The number of pyridine rings is 1. The number of urea groups is 1. The second kappa shape index (κ2) is 9.16. The fraction of sp³-hybridized carbons (Fsp3) is 0.458. The van der Waals surface area contributed by atoms with Crippen LogP contribution in [0.1, 0.15) is 33.5 Å². The second-order valence-corrected chi connectivity index (χ2v) is 9.08. The van der Waals surface area contributed by atoms with E-state index in [1.807, 2.05) is 69.0 Å². The highest BCUT2D eigenvalue weighted by Crippen LogP contribution is 2.23. The molecule has 1 aromatic carbocycles. The van der Waals surface area contributed by atoms with Crippen molar-refractivity contribution < 1.29 is 9.53 Å². The summed E-state index contributed by atoms with van der Waals surface area (Å²) in [5.41, 5.74) is 2.49. The summed E-state index contributed by atoms with van der Waals surface area (Å²) in [6.45, 7) is 12.3. The van der Waals surface area contributed by atoms with E-state index in [1.54, 1.807) is 6.20 Å². The van der Waals surface area contributed by atoms with Crippen molar-refractivity contribution in [2.75, 3.05) is 32.8 Å². The van der Waals surface area contributed by atoms with E-state index in [9.17, 15) is 4.79 Å². The van der Waals surface area contributed by atoms with E-state index in [1.165, 1.54) is 0 Å². The van der Waals surface area contributed by atoms with Crippen molar-refractivity contribution in [1.82, 2.24) is 29.7 Å². The van der Waals surface area contributed by atoms with Gasteiger partial charge < -0.3 is 15.0 Å². The molecule has 0 bridgehead atoms. The molecule has 1 aliphatic heterocycles. The summed E-state index contributed by atoms with van der Waals surface area (Å²) in [5, 5.41) is 3.05. The van der Waals surface area contributed by atoms with Crippen LogP contribution >= 0.6 is 0 Å². The van der Waals surface area contributed by atoms with Crippen LogP contribution in [0.25, 0.3) is 16.9 Å². The van der Waals surface area contributed by atoms with Crippen LogP contribution in [-0.2, 0) is 6.54 Å². The number of amides is 2. The van der Waals surface area contributed by atoms with Gasteiger partial charge in [-0.3, -0.25) is 9.47 Å². The topological polar surface area (TPSA) is 75.5 Å². The number of fused-ring (bicyclic) bond motifs is 1. The third-order valence-corrected chi connectivity index (χ3v) is 5.40. The maximum absolute atomic E-state index is 12.5. The molecule has 8 nitrogen and oxygen atoms in total. The highest BCUT2D eigenvalue weighted by atomic mass is 16.5. The summed E-state index contributed by atoms with van der Waals surface area (Å²) in [4.78, 5) is 26.2. The van der Waals surface area contributed by atoms with Crippen LogP contribution in [0.5, 0.6) is 5.75 Å². The third kappa shape index (κ3) is 5.02. The Morgan fingerprint density at radius 2 is 1.81 bits per heavy atom. The van der Waals surface area contributed by atoms with E-state index in [-0.39, 0.29) is 11.6 Å². The van der Waals surface area contributed by atoms with Gasteiger partial charge in [0, 0.05) is 43.6 Å². The Bertz CT molecular complexity index is 1060. The predicted octanol–water partition coefficient (Wildman–Crippen LogP) is 3.44. The first-order chi connectivity index (χ1) is 15.3. The molecule has 2 aromatic heterocycles. The van der Waals surface area contributed by atoms with Crippen LogP contribution in [0, 0.1) is 0 Å². The van der Waals surface area contributed by atoms with E-state index in [0.29, 0.717) is 26.2 Å². The van der Waals surface area contributed by atoms with Gasteiger partial charge in [-0.1, -0.05) is 0 Å². The van der Waals surface area contributed by atoms with E-state index in [4.69, 9.17) is 9.72 Å². The van der Waals surface area contributed by atoms with Crippen molar-refractivity contribution in [3.05, 3.63) is 48.4 Å². The van der Waals surface area contributed by atoms with Crippen molar-refractivity contribution in [2.45, 2.75) is 39.8 Å². The second-order valence-electron chi connectivity index (χ2n) is 9.08. The Morgan fingerprint density at radius 3 is 2.47 bits per heavy atom. The smallest absolute Gasteiger partial charge is 0.317 e. The Morgan fingerprint density at radius 1 is 1.09 bits per heavy atom. The molecule has 3 aromatic rings. The van der Waals surface area contributed by atoms with E-state index in [2.05, 4.69) is 19.8 Å². The molecule has 0 radical (unpaired) electrons. The molecule has 1 N–H and O–H groups in total. The summed E-state index contributed by atoms with van der Waals surface area (Å²) in [6, 6.07) is 11.9. The number of benzene rings is 1. The third-order valence-electron chi connectivity index (χ3n) is 5.40. The first kappa shape index (κ1) is 22.1. The summed E-state index contributed by atoms with van der Waals surface area (Å²) in [7, 11) is 0. The highest BCUT2D eigenvalue weighted by molar-refractivity contribution is 5.75. The van der Waals surface area contributed by atoms with Gasteiger partial charge in [0.2, 0.25) is 0 Å². The molecular formula is C24H32N6O2. The van der Waals surface area contributed by atoms with Crippen LogP contribution in [0.2, 0.25) is 0 Å². The lowest BCUT2D eigenvalue weighted by molar-refractivity contribution is 0.129. The number of piperazine rings is 1. The molecule has 0 unspecified atom stereocenters. The normalized spacial score (nSPS) is 15.2. The van der Waals surface area contributed by atoms with Crippen LogP contribution < -0.4 is 10.1 Å². The summed E-state index contributed by atoms with van der Waals surface area (Å²) < 4.78 is 7.71. The van der Waals surface area contributed by atoms with Gasteiger partial charge >= 0.3 is 6.03 Å². The first-order valence-electron chi connectivity index (χ1n) is 11.2. The summed E-state index contributed by atoms with van der Waals surface area (Å²) in [5.74, 6) is 1.79. The molecule has 3 heterocycles. The fourth-order valence-electron chi connectivity index (χ4n) is 3.90. The summed E-state index contributed by atoms with van der Waals surface area (Å²) in [6.07, 6.45) is 1.80. The van der Waals surface area contributed by atoms with Gasteiger partial charge in [-0.2, -0.15) is 0 Å². The van der Waals surface area contributed by atoms with Crippen molar-refractivity contribution in [2.24, 2.45) is 0 Å². The number of imidazole rings is 1. The average Bonchev–Trinajstić information content (AvgIpc) is 3.11. The molecule has 0 spiro atoms. The number of carbonyl (C=O) groups excluding carboxylic acids is 1. The molecule has 1 saturated heterocycles. The van der Waals surface area contributed by atoms with E-state index in [0.717, 1.165) is 41.5 Å². The Labute approximate surface area is 189 Å². The minimum Gasteiger partial charge on any atom is -0.494 e. The Kier molecular flexibility index (Phi) is 6.32. The van der Waals surface area contributed by atoms with Crippen LogP contribution in [-0.4, -0.2) is 68.7 Å². The minimum atomic E-state index is -0.232. The van der Waals surface area contributed by atoms with Crippen molar-refractivity contribution >= 4 is 17.2 Å². The molecule has 32 heavy (non-hydrogen) atoms. The number of ether oxygens (including phenoxy) is 1. The molecule has 170 valence electrons. The predicted molar refractivity (Wildman–Crippen MR) is 125 cm³/mol. The molecule has 1 aliphatic rings. The molecule has 0 aliphatic carbocycles. The Hall–Kier alpha value is -3.13. The average molecular weight is 437 g/mol. The zero-order chi connectivity index (χ0) is 22.7. The Balaban J connectivity index is 1.52. The number of hydrogen-bond acceptors (Lipinski definition) is 5. The molecule has 4 rings (SSSR count). The van der Waals surface area contributed by atoms with Gasteiger partial charge in [0.1, 0.15) is 17.1 Å². The number of aromatic nitrogens is 3. The van der Waals surface area contributed by atoms with Crippen LogP contribution in [0.3, 0.4) is 0 Å². The SMILES string of the molecule is CCOc1ccc(-n2c(CN3CCN(C(=O)NC(C)(C)C)CC3)nc3cccnc32)cc1. The molecule has 1 fully saturated rings. The van der Waals surface area contributed by atoms with E-state index >= 15 is 0 Å². The molecule has 2 amide bonds. The molecule has 8 heteroatoms. The quantitative estimate of drug-likeness (QED) is 0.663. The van der Waals surface area contributed by atoms with E-state index < -0.39 is 0 Å². The maximum atomic E-state index is 12.5. The monoisotopic (exact) mass is 436 g/mol. The molecular weight excluding hydrogens is 404 g/mol. The largest absolute Gasteiger partial charge is 0.494 e. The van der Waals surface area contributed by atoms with Crippen molar-refractivity contribution in [3.63, 3.8) is 0 Å². The number of rotatable bonds is 5. The lowest BCUT2D eigenvalue weighted by Gasteiger charge is -2.36. The van der Waals surface area contributed by atoms with Gasteiger partial charge in [0.15, 0.2) is 5.65 Å². The molecule has 0 saturated carbocycles. The lowest BCUT2D eigenvalue weighted by atomic mass is 10.1. The summed E-state index contributed by atoms with van der Waals surface area (Å²) >= 11 is 0. The van der Waals surface area contributed by atoms with Crippen LogP contribution in [0.4, 0.5) is 4.79 Å². The van der Waals surface area contributed by atoms with Crippen LogP contribution in [0.15, 0.2) is 42.6 Å².